The van der Waals surface area contributed by atoms with Crippen molar-refractivity contribution in [3.63, 3.8) is 0 Å². The predicted octanol–water partition coefficient (Wildman–Crippen LogP) is 2.54. The first-order chi connectivity index (χ1) is 14.2. The quantitative estimate of drug-likeness (QED) is 0.462. The van der Waals surface area contributed by atoms with E-state index in [1.807, 2.05) is 66.6 Å². The van der Waals surface area contributed by atoms with Crippen LogP contribution in [0.15, 0.2) is 73.3 Å². The van der Waals surface area contributed by atoms with E-state index in [2.05, 4.69) is 27.3 Å². The average Bonchev–Trinajstić information content (AvgIpc) is 3.25. The van der Waals surface area contributed by atoms with Crippen molar-refractivity contribution in [1.82, 2.24) is 19.8 Å². The molecule has 0 amide bonds. The van der Waals surface area contributed by atoms with Gasteiger partial charge >= 0.3 is 0 Å². The molecule has 0 fully saturated rings. The maximum Gasteiger partial charge on any atom is 0.119 e. The number of hydrogen-bond acceptors (Lipinski definition) is 5. The van der Waals surface area contributed by atoms with Gasteiger partial charge in [0, 0.05) is 45.1 Å². The lowest BCUT2D eigenvalue weighted by Crippen LogP contribution is -2.32. The van der Waals surface area contributed by atoms with Crippen LogP contribution in [0.3, 0.4) is 0 Å². The summed E-state index contributed by atoms with van der Waals surface area (Å²) in [6.45, 7) is 4.24. The van der Waals surface area contributed by atoms with Crippen molar-refractivity contribution in [2.45, 2.75) is 25.7 Å². The Hall–Kier alpha value is -2.67. The summed E-state index contributed by atoms with van der Waals surface area (Å²) in [5.41, 5.74) is 2.43. The molecule has 0 aliphatic carbocycles. The number of aliphatic hydroxyl groups excluding tert-OH is 1. The number of imidazole rings is 1. The van der Waals surface area contributed by atoms with Gasteiger partial charge in [0.15, 0.2) is 0 Å². The minimum absolute atomic E-state index is 0.279. The number of rotatable bonds is 12. The van der Waals surface area contributed by atoms with Gasteiger partial charge in [-0.3, -0.25) is 4.90 Å². The summed E-state index contributed by atoms with van der Waals surface area (Å²) in [5, 5.41) is 13.7. The number of benzene rings is 2. The molecular weight excluding hydrogens is 364 g/mol. The van der Waals surface area contributed by atoms with E-state index in [-0.39, 0.29) is 6.61 Å². The number of aromatic nitrogens is 2. The first-order valence-corrected chi connectivity index (χ1v) is 9.98. The Morgan fingerprint density at radius 3 is 2.62 bits per heavy atom. The molecule has 2 N–H and O–H groups in total. The molecule has 0 aliphatic rings. The summed E-state index contributed by atoms with van der Waals surface area (Å²) in [6.07, 6.45) is 5.04. The highest BCUT2D eigenvalue weighted by Gasteiger charge is 2.10. The molecule has 29 heavy (non-hydrogen) atoms. The van der Waals surface area contributed by atoms with Crippen LogP contribution in [0.4, 0.5) is 0 Å². The Labute approximate surface area is 172 Å². The van der Waals surface area contributed by atoms with Crippen molar-refractivity contribution in [1.29, 1.82) is 0 Å². The fraction of sp³-hybridized carbons (Fsp3) is 0.348. The molecule has 0 bridgehead atoms. The number of nitrogens with one attached hydrogen (secondary N) is 1. The van der Waals surface area contributed by atoms with Crippen molar-refractivity contribution in [2.24, 2.45) is 0 Å². The molecule has 6 nitrogen and oxygen atoms in total. The minimum Gasteiger partial charge on any atom is -0.491 e. The van der Waals surface area contributed by atoms with Crippen LogP contribution in [0.1, 0.15) is 11.1 Å². The molecule has 154 valence electrons. The Kier molecular flexibility index (Phi) is 8.25. The highest BCUT2D eigenvalue weighted by Crippen LogP contribution is 2.13. The van der Waals surface area contributed by atoms with Crippen LogP contribution in [-0.2, 0) is 19.6 Å². The van der Waals surface area contributed by atoms with Crippen LogP contribution >= 0.6 is 0 Å². The molecule has 0 saturated carbocycles. The Bertz CT molecular complexity index is 807. The standard InChI is InChI=1S/C23H30N4O2/c1-26(16-21-5-3-2-4-6-21)17-22(28)18-29-23-9-7-20(8-10-23)15-24-11-13-27-14-12-25-19-27/h2-10,12,14,19,22,24,28H,11,13,15-18H2,1H3. The van der Waals surface area contributed by atoms with Gasteiger partial charge in [-0.15, -0.1) is 0 Å². The Morgan fingerprint density at radius 2 is 1.90 bits per heavy atom. The SMILES string of the molecule is CN(Cc1ccccc1)CC(O)COc1ccc(CNCCn2ccnc2)cc1. The first kappa shape index (κ1) is 21.0. The van der Waals surface area contributed by atoms with Crippen LogP contribution in [0.5, 0.6) is 5.75 Å². The van der Waals surface area contributed by atoms with Crippen LogP contribution in [0.2, 0.25) is 0 Å². The maximum absolute atomic E-state index is 10.3. The molecule has 0 radical (unpaired) electrons. The number of hydrogen-bond donors (Lipinski definition) is 2. The molecule has 1 unspecified atom stereocenters. The lowest BCUT2D eigenvalue weighted by atomic mass is 10.2. The van der Waals surface area contributed by atoms with E-state index in [1.165, 1.54) is 11.1 Å². The van der Waals surface area contributed by atoms with Crippen molar-refractivity contribution in [3.05, 3.63) is 84.4 Å². The van der Waals surface area contributed by atoms with Gasteiger partial charge in [0.2, 0.25) is 0 Å². The number of aliphatic hydroxyl groups is 1. The number of nitrogens with zero attached hydrogens (tertiary/aromatic N) is 3. The third-order valence-corrected chi connectivity index (χ3v) is 4.62. The molecule has 2 aromatic carbocycles. The van der Waals surface area contributed by atoms with Crippen molar-refractivity contribution in [3.8, 4) is 5.75 Å². The van der Waals surface area contributed by atoms with E-state index in [1.54, 1.807) is 6.20 Å². The van der Waals surface area contributed by atoms with Gasteiger partial charge in [0.1, 0.15) is 18.5 Å². The van der Waals surface area contributed by atoms with Gasteiger partial charge in [0.05, 0.1) is 6.33 Å². The van der Waals surface area contributed by atoms with E-state index in [0.717, 1.165) is 31.9 Å². The second-order valence-corrected chi connectivity index (χ2v) is 7.27. The normalized spacial score (nSPS) is 12.2. The van der Waals surface area contributed by atoms with E-state index in [4.69, 9.17) is 4.74 Å². The summed E-state index contributed by atoms with van der Waals surface area (Å²) >= 11 is 0. The molecule has 6 heteroatoms. The summed E-state index contributed by atoms with van der Waals surface area (Å²) in [6, 6.07) is 18.3. The molecule has 3 aromatic rings. The van der Waals surface area contributed by atoms with Gasteiger partial charge < -0.3 is 19.7 Å². The second kappa shape index (κ2) is 11.4. The zero-order valence-corrected chi connectivity index (χ0v) is 16.9. The van der Waals surface area contributed by atoms with Gasteiger partial charge in [0.25, 0.3) is 0 Å². The lowest BCUT2D eigenvalue weighted by Gasteiger charge is -2.21. The largest absolute Gasteiger partial charge is 0.491 e. The van der Waals surface area contributed by atoms with Crippen molar-refractivity contribution in [2.75, 3.05) is 26.7 Å². The third-order valence-electron chi connectivity index (χ3n) is 4.62. The summed E-state index contributed by atoms with van der Waals surface area (Å²) < 4.78 is 7.79. The summed E-state index contributed by atoms with van der Waals surface area (Å²) in [7, 11) is 2.00. The highest BCUT2D eigenvalue weighted by atomic mass is 16.5. The van der Waals surface area contributed by atoms with E-state index in [9.17, 15) is 5.11 Å². The zero-order valence-electron chi connectivity index (χ0n) is 16.9. The number of ether oxygens (including phenoxy) is 1. The number of likely N-dealkylation sites (N-methyl/N-ethyl adjacent to an activating group) is 1. The maximum atomic E-state index is 10.3. The Balaban J connectivity index is 1.32. The molecule has 0 aliphatic heterocycles. The molecule has 3 rings (SSSR count). The molecule has 1 atom stereocenters. The fourth-order valence-corrected chi connectivity index (χ4v) is 3.13. The molecule has 0 spiro atoms. The second-order valence-electron chi connectivity index (χ2n) is 7.27. The van der Waals surface area contributed by atoms with Crippen LogP contribution in [0.25, 0.3) is 0 Å². The van der Waals surface area contributed by atoms with Gasteiger partial charge in [-0.05, 0) is 30.3 Å². The monoisotopic (exact) mass is 394 g/mol. The molecule has 1 heterocycles. The summed E-state index contributed by atoms with van der Waals surface area (Å²) in [4.78, 5) is 6.13. The molecule has 1 aromatic heterocycles. The first-order valence-electron chi connectivity index (χ1n) is 9.98. The van der Waals surface area contributed by atoms with Gasteiger partial charge in [-0.2, -0.15) is 0 Å². The zero-order chi connectivity index (χ0) is 20.3. The van der Waals surface area contributed by atoms with Crippen LogP contribution in [-0.4, -0.2) is 52.4 Å². The fourth-order valence-electron chi connectivity index (χ4n) is 3.13. The Morgan fingerprint density at radius 1 is 1.10 bits per heavy atom. The van der Waals surface area contributed by atoms with Gasteiger partial charge in [-0.1, -0.05) is 42.5 Å². The van der Waals surface area contributed by atoms with Gasteiger partial charge in [-0.25, -0.2) is 4.98 Å². The van der Waals surface area contributed by atoms with Crippen molar-refractivity contribution >= 4 is 0 Å². The van der Waals surface area contributed by atoms with Crippen molar-refractivity contribution < 1.29 is 9.84 Å². The average molecular weight is 395 g/mol. The smallest absolute Gasteiger partial charge is 0.119 e. The van der Waals surface area contributed by atoms with Crippen LogP contribution < -0.4 is 10.1 Å². The third kappa shape index (κ3) is 7.69. The summed E-state index contributed by atoms with van der Waals surface area (Å²) in [5.74, 6) is 0.775. The molecule has 0 saturated heterocycles. The van der Waals surface area contributed by atoms with E-state index >= 15 is 0 Å². The molecular formula is C23H30N4O2. The lowest BCUT2D eigenvalue weighted by molar-refractivity contribution is 0.0744. The topological polar surface area (TPSA) is 62.6 Å². The minimum atomic E-state index is -0.534. The predicted molar refractivity (Wildman–Crippen MR) is 115 cm³/mol. The van der Waals surface area contributed by atoms with E-state index in [0.29, 0.717) is 6.54 Å². The van der Waals surface area contributed by atoms with Crippen LogP contribution in [0, 0.1) is 0 Å². The highest BCUT2D eigenvalue weighted by molar-refractivity contribution is 5.27. The van der Waals surface area contributed by atoms with E-state index < -0.39 is 6.10 Å².